The van der Waals surface area contributed by atoms with Crippen molar-refractivity contribution < 1.29 is 23.0 Å². The van der Waals surface area contributed by atoms with Crippen LogP contribution in [-0.4, -0.2) is 62.1 Å². The smallest absolute Gasteiger partial charge is 0.319 e. The van der Waals surface area contributed by atoms with Crippen LogP contribution in [0.15, 0.2) is 12.1 Å². The number of halogens is 3. The second kappa shape index (κ2) is 10.6. The lowest BCUT2D eigenvalue weighted by Crippen LogP contribution is -2.40. The molecule has 13 heteroatoms. The van der Waals surface area contributed by atoms with Crippen LogP contribution < -0.4 is 25.4 Å². The molecule has 3 fully saturated rings. The SMILES string of the molecule is CNCCN1c2nc(OCC34COC(C3)C4)nc3c(F)c(-c4ccc(F)c5sc(N)c(C#N)c45)c(Cl)c(c23)OCC[C@H]1C. The lowest BCUT2D eigenvalue weighted by Gasteiger charge is -2.35. The molecule has 1 aliphatic carbocycles. The van der Waals surface area contributed by atoms with Crippen molar-refractivity contribution in [3.63, 3.8) is 0 Å². The molecule has 43 heavy (non-hydrogen) atoms. The van der Waals surface area contributed by atoms with Gasteiger partial charge < -0.3 is 30.2 Å². The highest BCUT2D eigenvalue weighted by Gasteiger charge is 2.52. The molecule has 8 rings (SSSR count). The lowest BCUT2D eigenvalue weighted by atomic mass is 9.71. The van der Waals surface area contributed by atoms with E-state index in [2.05, 4.69) is 22.1 Å². The van der Waals surface area contributed by atoms with E-state index in [1.165, 1.54) is 12.1 Å². The molecule has 4 aromatic rings. The number of nitrogens with zero attached hydrogens (tertiary/aromatic N) is 4. The van der Waals surface area contributed by atoms with Crippen LogP contribution in [0.25, 0.3) is 32.1 Å². The fourth-order valence-corrected chi connectivity index (χ4v) is 7.74. The van der Waals surface area contributed by atoms with Crippen LogP contribution in [-0.2, 0) is 4.74 Å². The summed E-state index contributed by atoms with van der Waals surface area (Å²) in [5.41, 5.74) is 6.18. The van der Waals surface area contributed by atoms with Crippen LogP contribution in [0.5, 0.6) is 11.8 Å². The van der Waals surface area contributed by atoms with E-state index in [1.54, 1.807) is 0 Å². The first kappa shape index (κ1) is 28.3. The number of fused-ring (bicyclic) bond motifs is 2. The van der Waals surface area contributed by atoms with Crippen molar-refractivity contribution in [2.45, 2.75) is 38.3 Å². The van der Waals surface area contributed by atoms with Crippen molar-refractivity contribution in [2.75, 3.05) is 50.6 Å². The van der Waals surface area contributed by atoms with Crippen LogP contribution >= 0.6 is 22.9 Å². The molecule has 1 atom stereocenters. The van der Waals surface area contributed by atoms with Gasteiger partial charge in [0, 0.05) is 41.9 Å². The van der Waals surface area contributed by atoms with E-state index in [4.69, 9.17) is 36.5 Å². The number of hydrogen-bond donors (Lipinski definition) is 2. The van der Waals surface area contributed by atoms with E-state index >= 15 is 4.39 Å². The van der Waals surface area contributed by atoms with Crippen molar-refractivity contribution in [1.29, 1.82) is 5.26 Å². The topological polar surface area (TPSA) is 119 Å². The van der Waals surface area contributed by atoms with E-state index in [-0.39, 0.29) is 71.6 Å². The molecule has 4 aliphatic rings. The van der Waals surface area contributed by atoms with Crippen molar-refractivity contribution in [2.24, 2.45) is 5.41 Å². The number of anilines is 2. The average Bonchev–Trinajstić information content (AvgIpc) is 3.67. The molecular formula is C30H29ClF2N6O3S. The zero-order chi connectivity index (χ0) is 30.0. The lowest BCUT2D eigenvalue weighted by molar-refractivity contribution is 0.0785. The summed E-state index contributed by atoms with van der Waals surface area (Å²) in [5, 5.41) is 13.7. The Balaban J connectivity index is 1.49. The molecule has 0 radical (unpaired) electrons. The van der Waals surface area contributed by atoms with Crippen molar-refractivity contribution in [1.82, 2.24) is 15.3 Å². The number of rotatable bonds is 7. The minimum atomic E-state index is -0.754. The van der Waals surface area contributed by atoms with Gasteiger partial charge in [-0.1, -0.05) is 17.7 Å². The Labute approximate surface area is 255 Å². The number of nitrogens with two attached hydrogens (primary N) is 1. The number of thiophene rings is 1. The van der Waals surface area contributed by atoms with Gasteiger partial charge in [0.25, 0.3) is 0 Å². The van der Waals surface area contributed by atoms with Gasteiger partial charge in [-0.15, -0.1) is 11.3 Å². The summed E-state index contributed by atoms with van der Waals surface area (Å²) in [4.78, 5) is 11.5. The minimum Gasteiger partial charge on any atom is -0.491 e. The molecule has 0 spiro atoms. The highest BCUT2D eigenvalue weighted by molar-refractivity contribution is 7.23. The number of likely N-dealkylation sites (N-methyl/N-ethyl adjacent to an activating group) is 1. The molecule has 0 unspecified atom stereocenters. The molecule has 3 N–H and O–H groups in total. The van der Waals surface area contributed by atoms with Crippen LogP contribution in [0.2, 0.25) is 5.02 Å². The van der Waals surface area contributed by atoms with Gasteiger partial charge in [-0.25, -0.2) is 8.78 Å². The van der Waals surface area contributed by atoms with E-state index < -0.39 is 11.6 Å². The van der Waals surface area contributed by atoms with Crippen LogP contribution in [0, 0.1) is 28.4 Å². The minimum absolute atomic E-state index is 0.00636. The van der Waals surface area contributed by atoms with Gasteiger partial charge in [-0.05, 0) is 38.4 Å². The van der Waals surface area contributed by atoms with Crippen molar-refractivity contribution in [3.8, 4) is 29.0 Å². The van der Waals surface area contributed by atoms with Crippen molar-refractivity contribution in [3.05, 3.63) is 34.4 Å². The molecule has 1 saturated carbocycles. The standard InChI is InChI=1S/C30H29ClF2N6O3S/c1-14-5-8-40-25-21-24(23(33)20(22(25)31)16-3-4-18(32)26-19(16)17(11-34)27(35)43-26)37-29(38-28(21)39(14)7-6-36-2)42-13-30-9-15(10-30)41-12-30/h3-4,14-15,36H,5-10,12-13,35H2,1-2H3/t14-,15?,30?/m1/s1. The largest absolute Gasteiger partial charge is 0.491 e. The summed E-state index contributed by atoms with van der Waals surface area (Å²) in [6.07, 6.45) is 2.74. The number of ether oxygens (including phenoxy) is 3. The summed E-state index contributed by atoms with van der Waals surface area (Å²) < 4.78 is 50.2. The van der Waals surface area contributed by atoms with E-state index in [0.29, 0.717) is 50.5 Å². The number of hydrogen-bond acceptors (Lipinski definition) is 10. The maximum atomic E-state index is 17.0. The first-order chi connectivity index (χ1) is 20.7. The summed E-state index contributed by atoms with van der Waals surface area (Å²) in [6, 6.07) is 4.71. The van der Waals surface area contributed by atoms with Gasteiger partial charge in [0.05, 0.1) is 46.6 Å². The predicted octanol–water partition coefficient (Wildman–Crippen LogP) is 5.65. The predicted molar refractivity (Wildman–Crippen MR) is 162 cm³/mol. The van der Waals surface area contributed by atoms with Gasteiger partial charge in [-0.3, -0.25) is 0 Å². The summed E-state index contributed by atoms with van der Waals surface area (Å²) in [7, 11) is 1.86. The van der Waals surface area contributed by atoms with Crippen LogP contribution in [0.1, 0.15) is 31.7 Å². The normalized spacial score (nSPS) is 22.7. The maximum absolute atomic E-state index is 17.0. The molecule has 9 nitrogen and oxygen atoms in total. The van der Waals surface area contributed by atoms with Crippen LogP contribution in [0.4, 0.5) is 19.6 Å². The number of nitrogen functional groups attached to an aromatic ring is 1. The Morgan fingerprint density at radius 1 is 1.30 bits per heavy atom. The third-order valence-electron chi connectivity index (χ3n) is 8.78. The van der Waals surface area contributed by atoms with Crippen molar-refractivity contribution >= 4 is 54.7 Å². The molecule has 0 amide bonds. The second-order valence-corrected chi connectivity index (χ2v) is 13.0. The van der Waals surface area contributed by atoms with Gasteiger partial charge in [-0.2, -0.15) is 15.2 Å². The number of benzene rings is 2. The molecule has 5 heterocycles. The van der Waals surface area contributed by atoms with Gasteiger partial charge in [0.2, 0.25) is 0 Å². The Hall–Kier alpha value is -3.50. The highest BCUT2D eigenvalue weighted by atomic mass is 35.5. The first-order valence-electron chi connectivity index (χ1n) is 14.2. The van der Waals surface area contributed by atoms with E-state index in [0.717, 1.165) is 24.2 Å². The molecule has 2 bridgehead atoms. The molecule has 2 aromatic carbocycles. The average molecular weight is 627 g/mol. The third kappa shape index (κ3) is 4.44. The second-order valence-electron chi connectivity index (χ2n) is 11.6. The monoisotopic (exact) mass is 626 g/mol. The van der Waals surface area contributed by atoms with E-state index in [9.17, 15) is 9.65 Å². The van der Waals surface area contributed by atoms with E-state index in [1.807, 2.05) is 13.1 Å². The first-order valence-corrected chi connectivity index (χ1v) is 15.4. The Morgan fingerprint density at radius 2 is 2.12 bits per heavy atom. The summed E-state index contributed by atoms with van der Waals surface area (Å²) in [5.74, 6) is -0.642. The van der Waals surface area contributed by atoms with Gasteiger partial charge >= 0.3 is 6.01 Å². The Kier molecular flexibility index (Phi) is 6.97. The zero-order valence-corrected chi connectivity index (χ0v) is 25.2. The zero-order valence-electron chi connectivity index (χ0n) is 23.6. The number of nitrogens with one attached hydrogen (secondary N) is 1. The maximum Gasteiger partial charge on any atom is 0.319 e. The molecular weight excluding hydrogens is 598 g/mol. The quantitative estimate of drug-likeness (QED) is 0.268. The van der Waals surface area contributed by atoms with Crippen LogP contribution in [0.3, 0.4) is 0 Å². The molecule has 224 valence electrons. The fraction of sp³-hybridized carbons (Fsp3) is 0.433. The third-order valence-corrected chi connectivity index (χ3v) is 10.2. The Bertz CT molecular complexity index is 1820. The van der Waals surface area contributed by atoms with Gasteiger partial charge in [0.15, 0.2) is 11.6 Å². The number of aromatic nitrogens is 2. The summed E-state index contributed by atoms with van der Waals surface area (Å²) in [6.45, 7) is 4.58. The number of nitriles is 1. The molecule has 3 aliphatic heterocycles. The van der Waals surface area contributed by atoms with Gasteiger partial charge in [0.1, 0.15) is 28.2 Å². The fourth-order valence-electron chi connectivity index (χ4n) is 6.46. The molecule has 2 aromatic heterocycles. The highest BCUT2D eigenvalue weighted by Crippen LogP contribution is 2.52. The molecule has 2 saturated heterocycles. The Morgan fingerprint density at radius 3 is 2.84 bits per heavy atom. The summed E-state index contributed by atoms with van der Waals surface area (Å²) >= 11 is 7.93.